The van der Waals surface area contributed by atoms with Crippen molar-refractivity contribution in [3.8, 4) is 0 Å². The molecule has 0 unspecified atom stereocenters. The molecular weight excluding hydrogens is 98.1 g/mol. The topological polar surface area (TPSA) is 12.4 Å². The SMILES string of the molecule is C/[C]=N\CCCCC. The highest BCUT2D eigenvalue weighted by molar-refractivity contribution is 5.53. The Bertz CT molecular complexity index is 57.4. The van der Waals surface area contributed by atoms with E-state index in [4.69, 9.17) is 0 Å². The van der Waals surface area contributed by atoms with Gasteiger partial charge in [-0.2, -0.15) is 0 Å². The van der Waals surface area contributed by atoms with Gasteiger partial charge in [-0.05, 0) is 13.3 Å². The summed E-state index contributed by atoms with van der Waals surface area (Å²) in [5.41, 5.74) is 0. The van der Waals surface area contributed by atoms with Gasteiger partial charge in [0.15, 0.2) is 0 Å². The molecule has 1 heteroatoms. The molecule has 0 aromatic rings. The lowest BCUT2D eigenvalue weighted by molar-refractivity contribution is 0.729. The van der Waals surface area contributed by atoms with Crippen molar-refractivity contribution in [1.82, 2.24) is 0 Å². The van der Waals surface area contributed by atoms with Crippen molar-refractivity contribution in [2.75, 3.05) is 6.54 Å². The second-order valence-electron chi connectivity index (χ2n) is 1.81. The molecule has 0 spiro atoms. The third kappa shape index (κ3) is 5.67. The normalized spacial score (nSPS) is 10.8. The molecule has 0 aromatic heterocycles. The first-order valence-electron chi connectivity index (χ1n) is 3.25. The molecule has 0 amide bonds. The zero-order chi connectivity index (χ0) is 6.24. The fourth-order valence-electron chi connectivity index (χ4n) is 0.553. The molecule has 0 aliphatic heterocycles. The van der Waals surface area contributed by atoms with Gasteiger partial charge in [-0.3, -0.25) is 4.99 Å². The van der Waals surface area contributed by atoms with Crippen LogP contribution in [0.25, 0.3) is 0 Å². The molecule has 0 aliphatic carbocycles. The van der Waals surface area contributed by atoms with Gasteiger partial charge in [0, 0.05) is 6.54 Å². The van der Waals surface area contributed by atoms with Crippen LogP contribution in [0.1, 0.15) is 33.1 Å². The lowest BCUT2D eigenvalue weighted by atomic mass is 10.2. The zero-order valence-corrected chi connectivity index (χ0v) is 5.78. The summed E-state index contributed by atoms with van der Waals surface area (Å²) < 4.78 is 0. The number of unbranched alkanes of at least 4 members (excludes halogenated alkanes) is 2. The predicted molar refractivity (Wildman–Crippen MR) is 37.5 cm³/mol. The lowest BCUT2D eigenvalue weighted by Gasteiger charge is -1.88. The van der Waals surface area contributed by atoms with Crippen LogP contribution in [-0.4, -0.2) is 12.8 Å². The summed E-state index contributed by atoms with van der Waals surface area (Å²) in [5, 5.41) is 0. The molecule has 0 saturated carbocycles. The van der Waals surface area contributed by atoms with Crippen LogP contribution in [0.15, 0.2) is 4.99 Å². The Kier molecular flexibility index (Phi) is 6.39. The van der Waals surface area contributed by atoms with Gasteiger partial charge in [0.1, 0.15) is 0 Å². The molecule has 47 valence electrons. The Labute approximate surface area is 51.8 Å². The fourth-order valence-corrected chi connectivity index (χ4v) is 0.553. The number of aliphatic imine (C=N–C) groups is 1. The van der Waals surface area contributed by atoms with Crippen molar-refractivity contribution in [1.29, 1.82) is 0 Å². The first-order chi connectivity index (χ1) is 3.91. The first-order valence-corrected chi connectivity index (χ1v) is 3.25. The summed E-state index contributed by atoms with van der Waals surface area (Å²) in [6.45, 7) is 5.00. The van der Waals surface area contributed by atoms with Crippen LogP contribution in [0.5, 0.6) is 0 Å². The van der Waals surface area contributed by atoms with E-state index in [-0.39, 0.29) is 0 Å². The van der Waals surface area contributed by atoms with Crippen LogP contribution in [0.2, 0.25) is 0 Å². The van der Waals surface area contributed by atoms with Crippen molar-refractivity contribution < 1.29 is 0 Å². The molecule has 1 radical (unpaired) electrons. The van der Waals surface area contributed by atoms with Gasteiger partial charge in [-0.25, -0.2) is 0 Å². The second-order valence-corrected chi connectivity index (χ2v) is 1.81. The number of rotatable bonds is 4. The standard InChI is InChI=1S/C7H14N/c1-3-5-6-7-8-4-2/h3,5-7H2,1-2H3. The van der Waals surface area contributed by atoms with Gasteiger partial charge < -0.3 is 0 Å². The predicted octanol–water partition coefficient (Wildman–Crippen LogP) is 2.14. The molecule has 0 N–H and O–H groups in total. The van der Waals surface area contributed by atoms with Crippen molar-refractivity contribution >= 4 is 6.21 Å². The molecule has 0 fully saturated rings. The highest BCUT2D eigenvalue weighted by Gasteiger charge is 1.79. The molecule has 0 saturated heterocycles. The average Bonchev–Trinajstić information content (AvgIpc) is 1.81. The molecule has 8 heavy (non-hydrogen) atoms. The first kappa shape index (κ1) is 7.67. The van der Waals surface area contributed by atoms with Crippen LogP contribution < -0.4 is 0 Å². The smallest absolute Gasteiger partial charge is 0.0524 e. The second kappa shape index (κ2) is 6.67. The zero-order valence-electron chi connectivity index (χ0n) is 5.78. The Morgan fingerprint density at radius 1 is 1.38 bits per heavy atom. The summed E-state index contributed by atoms with van der Waals surface area (Å²) in [5.74, 6) is 0. The van der Waals surface area contributed by atoms with Crippen molar-refractivity contribution in [2.24, 2.45) is 4.99 Å². The average molecular weight is 112 g/mol. The largest absolute Gasteiger partial charge is 0.288 e. The van der Waals surface area contributed by atoms with Crippen LogP contribution >= 0.6 is 0 Å². The van der Waals surface area contributed by atoms with E-state index in [0.717, 1.165) is 6.54 Å². The van der Waals surface area contributed by atoms with Crippen LogP contribution in [-0.2, 0) is 0 Å². The van der Waals surface area contributed by atoms with Gasteiger partial charge in [0.05, 0.1) is 6.21 Å². The van der Waals surface area contributed by atoms with Crippen LogP contribution in [0.4, 0.5) is 0 Å². The minimum absolute atomic E-state index is 0.963. The van der Waals surface area contributed by atoms with E-state index in [0.29, 0.717) is 0 Å². The van der Waals surface area contributed by atoms with E-state index in [1.807, 2.05) is 6.92 Å². The minimum atomic E-state index is 0.963. The monoisotopic (exact) mass is 112 g/mol. The van der Waals surface area contributed by atoms with Gasteiger partial charge in [0.25, 0.3) is 0 Å². The van der Waals surface area contributed by atoms with Gasteiger partial charge >= 0.3 is 0 Å². The maximum absolute atomic E-state index is 3.96. The Hall–Kier alpha value is -0.330. The highest BCUT2D eigenvalue weighted by Crippen LogP contribution is 1.92. The minimum Gasteiger partial charge on any atom is -0.288 e. The van der Waals surface area contributed by atoms with E-state index < -0.39 is 0 Å². The summed E-state index contributed by atoms with van der Waals surface area (Å²) in [7, 11) is 0. The van der Waals surface area contributed by atoms with Gasteiger partial charge in [0.2, 0.25) is 0 Å². The molecule has 0 aliphatic rings. The summed E-state index contributed by atoms with van der Waals surface area (Å²) in [6.07, 6.45) is 6.54. The van der Waals surface area contributed by atoms with Crippen LogP contribution in [0, 0.1) is 0 Å². The van der Waals surface area contributed by atoms with Crippen molar-refractivity contribution in [3.05, 3.63) is 0 Å². The summed E-state index contributed by atoms with van der Waals surface area (Å²) in [4.78, 5) is 3.96. The number of nitrogens with zero attached hydrogens (tertiary/aromatic N) is 1. The summed E-state index contributed by atoms with van der Waals surface area (Å²) in [6, 6.07) is 0. The quantitative estimate of drug-likeness (QED) is 0.390. The van der Waals surface area contributed by atoms with E-state index in [2.05, 4.69) is 18.1 Å². The van der Waals surface area contributed by atoms with E-state index in [1.165, 1.54) is 19.3 Å². The Balaban J connectivity index is 2.72. The number of hydrogen-bond acceptors (Lipinski definition) is 1. The van der Waals surface area contributed by atoms with Gasteiger partial charge in [-0.15, -0.1) is 0 Å². The molecule has 0 aromatic carbocycles. The van der Waals surface area contributed by atoms with Gasteiger partial charge in [-0.1, -0.05) is 19.8 Å². The fraction of sp³-hybridized carbons (Fsp3) is 0.857. The third-order valence-electron chi connectivity index (χ3n) is 1.03. The Morgan fingerprint density at radius 2 is 2.12 bits per heavy atom. The van der Waals surface area contributed by atoms with Crippen LogP contribution in [0.3, 0.4) is 0 Å². The van der Waals surface area contributed by atoms with E-state index in [9.17, 15) is 0 Å². The van der Waals surface area contributed by atoms with Crippen molar-refractivity contribution in [2.45, 2.75) is 33.1 Å². The molecule has 1 nitrogen and oxygen atoms in total. The lowest BCUT2D eigenvalue weighted by Crippen LogP contribution is -1.79. The molecular formula is C7H14N. The maximum Gasteiger partial charge on any atom is 0.0524 e. The van der Waals surface area contributed by atoms with Crippen molar-refractivity contribution in [3.63, 3.8) is 0 Å². The number of hydrogen-bond donors (Lipinski definition) is 0. The molecule has 0 atom stereocenters. The molecule has 0 rings (SSSR count). The van der Waals surface area contributed by atoms with E-state index >= 15 is 0 Å². The Morgan fingerprint density at radius 3 is 2.62 bits per heavy atom. The highest BCUT2D eigenvalue weighted by atomic mass is 14.7. The third-order valence-corrected chi connectivity index (χ3v) is 1.03. The van der Waals surface area contributed by atoms with E-state index in [1.54, 1.807) is 0 Å². The maximum atomic E-state index is 3.96. The summed E-state index contributed by atoms with van der Waals surface area (Å²) >= 11 is 0. The molecule has 0 heterocycles. The molecule has 0 bridgehead atoms.